The summed E-state index contributed by atoms with van der Waals surface area (Å²) in [6.45, 7) is 0. The van der Waals surface area contributed by atoms with Gasteiger partial charge in [0.05, 0.1) is 11.1 Å². The van der Waals surface area contributed by atoms with E-state index in [0.29, 0.717) is 6.04 Å². The van der Waals surface area contributed by atoms with E-state index in [2.05, 4.69) is 12.1 Å². The van der Waals surface area contributed by atoms with Gasteiger partial charge in [-0.15, -0.1) is 11.8 Å². The van der Waals surface area contributed by atoms with E-state index in [9.17, 15) is 4.39 Å². The van der Waals surface area contributed by atoms with Crippen molar-refractivity contribution in [3.05, 3.63) is 71.5 Å². The highest BCUT2D eigenvalue weighted by atomic mass is 32.2. The van der Waals surface area contributed by atoms with Crippen LogP contribution in [-0.4, -0.2) is 16.8 Å². The summed E-state index contributed by atoms with van der Waals surface area (Å²) in [4.78, 5) is 4.80. The highest BCUT2D eigenvalue weighted by molar-refractivity contribution is 8.14. The SMILES string of the molecule is Fc1ccc(CCC2CSC(c3ccccc3)=N2)cc1. The van der Waals surface area contributed by atoms with Crippen molar-refractivity contribution < 1.29 is 4.39 Å². The maximum absolute atomic E-state index is 12.8. The molecule has 0 amide bonds. The van der Waals surface area contributed by atoms with Crippen molar-refractivity contribution in [3.63, 3.8) is 0 Å². The largest absolute Gasteiger partial charge is 0.274 e. The Balaban J connectivity index is 1.60. The van der Waals surface area contributed by atoms with E-state index in [1.165, 1.54) is 23.3 Å². The number of nitrogens with zero attached hydrogens (tertiary/aromatic N) is 1. The second kappa shape index (κ2) is 6.23. The molecule has 1 aliphatic heterocycles. The van der Waals surface area contributed by atoms with Crippen LogP contribution in [0.3, 0.4) is 0 Å². The fourth-order valence-corrected chi connectivity index (χ4v) is 3.40. The van der Waals surface area contributed by atoms with Crippen LogP contribution < -0.4 is 0 Å². The molecule has 0 spiro atoms. The Kier molecular flexibility index (Phi) is 4.16. The molecular weight excluding hydrogens is 269 g/mol. The molecule has 1 unspecified atom stereocenters. The van der Waals surface area contributed by atoms with Crippen LogP contribution >= 0.6 is 11.8 Å². The monoisotopic (exact) mass is 285 g/mol. The smallest absolute Gasteiger partial charge is 0.123 e. The highest BCUT2D eigenvalue weighted by Crippen LogP contribution is 2.25. The van der Waals surface area contributed by atoms with Crippen molar-refractivity contribution in [1.29, 1.82) is 0 Å². The maximum Gasteiger partial charge on any atom is 0.123 e. The van der Waals surface area contributed by atoms with Crippen LogP contribution in [-0.2, 0) is 6.42 Å². The molecule has 1 atom stereocenters. The van der Waals surface area contributed by atoms with Gasteiger partial charge in [0.1, 0.15) is 5.82 Å². The summed E-state index contributed by atoms with van der Waals surface area (Å²) in [5.74, 6) is 0.875. The zero-order chi connectivity index (χ0) is 13.8. The Morgan fingerprint density at radius 2 is 1.80 bits per heavy atom. The van der Waals surface area contributed by atoms with Gasteiger partial charge < -0.3 is 0 Å². The number of hydrogen-bond acceptors (Lipinski definition) is 2. The second-order valence-corrected chi connectivity index (χ2v) is 5.94. The van der Waals surface area contributed by atoms with Crippen LogP contribution in [0.25, 0.3) is 0 Å². The van der Waals surface area contributed by atoms with Crippen LogP contribution in [0, 0.1) is 5.82 Å². The van der Waals surface area contributed by atoms with Crippen LogP contribution in [0.2, 0.25) is 0 Å². The Hall–Kier alpha value is -1.61. The van der Waals surface area contributed by atoms with Crippen LogP contribution in [0.1, 0.15) is 17.5 Å². The van der Waals surface area contributed by atoms with Gasteiger partial charge in [0.15, 0.2) is 0 Å². The topological polar surface area (TPSA) is 12.4 Å². The van der Waals surface area contributed by atoms with E-state index in [0.717, 1.165) is 23.6 Å². The predicted molar refractivity (Wildman–Crippen MR) is 83.9 cm³/mol. The molecule has 3 heteroatoms. The van der Waals surface area contributed by atoms with Crippen LogP contribution in [0.15, 0.2) is 59.6 Å². The fourth-order valence-electron chi connectivity index (χ4n) is 2.29. The lowest BCUT2D eigenvalue weighted by atomic mass is 10.1. The summed E-state index contributed by atoms with van der Waals surface area (Å²) in [6, 6.07) is 17.5. The average Bonchev–Trinajstić information content (AvgIpc) is 2.97. The molecule has 0 fully saturated rings. The number of benzene rings is 2. The molecule has 0 N–H and O–H groups in total. The quantitative estimate of drug-likeness (QED) is 0.815. The lowest BCUT2D eigenvalue weighted by molar-refractivity contribution is 0.625. The molecule has 0 saturated heterocycles. The summed E-state index contributed by atoms with van der Waals surface area (Å²) in [5, 5.41) is 1.15. The van der Waals surface area contributed by atoms with Gasteiger partial charge in [-0.05, 0) is 30.5 Å². The number of hydrogen-bond donors (Lipinski definition) is 0. The first kappa shape index (κ1) is 13.4. The van der Waals surface area contributed by atoms with Gasteiger partial charge in [-0.25, -0.2) is 4.39 Å². The van der Waals surface area contributed by atoms with Gasteiger partial charge in [-0.3, -0.25) is 4.99 Å². The third-order valence-electron chi connectivity index (χ3n) is 3.41. The van der Waals surface area contributed by atoms with Crippen molar-refractivity contribution >= 4 is 16.8 Å². The van der Waals surface area contributed by atoms with Crippen molar-refractivity contribution in [2.45, 2.75) is 18.9 Å². The third kappa shape index (κ3) is 3.28. The van der Waals surface area contributed by atoms with E-state index in [4.69, 9.17) is 4.99 Å². The molecule has 2 aromatic carbocycles. The molecule has 2 aromatic rings. The first-order chi connectivity index (χ1) is 9.81. The fraction of sp³-hybridized carbons (Fsp3) is 0.235. The van der Waals surface area contributed by atoms with E-state index >= 15 is 0 Å². The minimum Gasteiger partial charge on any atom is -0.274 e. The molecule has 3 rings (SSSR count). The molecule has 1 aliphatic rings. The molecule has 0 bridgehead atoms. The van der Waals surface area contributed by atoms with Crippen LogP contribution in [0.4, 0.5) is 4.39 Å². The van der Waals surface area contributed by atoms with Gasteiger partial charge in [-0.1, -0.05) is 42.5 Å². The van der Waals surface area contributed by atoms with Gasteiger partial charge in [-0.2, -0.15) is 0 Å². The van der Waals surface area contributed by atoms with Crippen molar-refractivity contribution in [3.8, 4) is 0 Å². The first-order valence-corrected chi connectivity index (χ1v) is 7.80. The normalized spacial score (nSPS) is 18.1. The van der Waals surface area contributed by atoms with Gasteiger partial charge in [0.2, 0.25) is 0 Å². The molecule has 1 heterocycles. The lowest BCUT2D eigenvalue weighted by Gasteiger charge is -2.05. The second-order valence-electron chi connectivity index (χ2n) is 4.93. The van der Waals surface area contributed by atoms with E-state index < -0.39 is 0 Å². The van der Waals surface area contributed by atoms with Gasteiger partial charge in [0, 0.05) is 11.3 Å². The zero-order valence-corrected chi connectivity index (χ0v) is 11.9. The predicted octanol–water partition coefficient (Wildman–Crippen LogP) is 4.32. The van der Waals surface area contributed by atoms with Crippen molar-refractivity contribution in [1.82, 2.24) is 0 Å². The van der Waals surface area contributed by atoms with E-state index in [1.807, 2.05) is 42.1 Å². The molecule has 0 aromatic heterocycles. The Bertz CT molecular complexity index is 592. The van der Waals surface area contributed by atoms with Crippen molar-refractivity contribution in [2.24, 2.45) is 4.99 Å². The van der Waals surface area contributed by atoms with Gasteiger partial charge >= 0.3 is 0 Å². The van der Waals surface area contributed by atoms with E-state index in [-0.39, 0.29) is 5.82 Å². The number of rotatable bonds is 4. The molecule has 0 radical (unpaired) electrons. The maximum atomic E-state index is 12.8. The Morgan fingerprint density at radius 1 is 1.05 bits per heavy atom. The first-order valence-electron chi connectivity index (χ1n) is 6.82. The number of thioether (sulfide) groups is 1. The third-order valence-corrected chi connectivity index (χ3v) is 4.58. The average molecular weight is 285 g/mol. The standard InChI is InChI=1S/C17H16FNS/c18-15-9-6-13(7-10-15)8-11-16-12-20-17(19-16)14-4-2-1-3-5-14/h1-7,9-10,16H,8,11-12H2. The number of aryl methyl sites for hydroxylation is 1. The number of aliphatic imine (C=N–C) groups is 1. The molecule has 102 valence electrons. The van der Waals surface area contributed by atoms with E-state index in [1.54, 1.807) is 0 Å². The highest BCUT2D eigenvalue weighted by Gasteiger charge is 2.18. The summed E-state index contributed by atoms with van der Waals surface area (Å²) in [6.07, 6.45) is 1.98. The zero-order valence-electron chi connectivity index (χ0n) is 11.1. The molecule has 20 heavy (non-hydrogen) atoms. The summed E-state index contributed by atoms with van der Waals surface area (Å²) in [5.41, 5.74) is 2.39. The molecule has 0 saturated carbocycles. The Morgan fingerprint density at radius 3 is 2.55 bits per heavy atom. The molecular formula is C17H16FNS. The summed E-state index contributed by atoms with van der Waals surface area (Å²) in [7, 11) is 0. The Labute approximate surface area is 122 Å². The van der Waals surface area contributed by atoms with Crippen LogP contribution in [0.5, 0.6) is 0 Å². The van der Waals surface area contributed by atoms with Gasteiger partial charge in [0.25, 0.3) is 0 Å². The summed E-state index contributed by atoms with van der Waals surface area (Å²) >= 11 is 1.83. The molecule has 0 aliphatic carbocycles. The molecule has 1 nitrogen and oxygen atoms in total. The number of halogens is 1. The van der Waals surface area contributed by atoms with Crippen molar-refractivity contribution in [2.75, 3.05) is 5.75 Å². The minimum atomic E-state index is -0.172. The summed E-state index contributed by atoms with van der Waals surface area (Å²) < 4.78 is 12.8. The minimum absolute atomic E-state index is 0.172. The lowest BCUT2D eigenvalue weighted by Crippen LogP contribution is -2.05.